The maximum atomic E-state index is 6.20. The number of alkyl halides is 1. The molecule has 3 heteroatoms. The highest BCUT2D eigenvalue weighted by molar-refractivity contribution is 7.99. The monoisotopic (exact) mass is 220 g/mol. The van der Waals surface area contributed by atoms with Crippen LogP contribution >= 0.6 is 23.4 Å². The van der Waals surface area contributed by atoms with Gasteiger partial charge in [0.1, 0.15) is 0 Å². The Morgan fingerprint density at radius 2 is 2.23 bits per heavy atom. The van der Waals surface area contributed by atoms with E-state index in [0.29, 0.717) is 11.5 Å². The van der Waals surface area contributed by atoms with E-state index in [4.69, 9.17) is 16.3 Å². The molecule has 2 saturated heterocycles. The molecule has 2 aliphatic rings. The topological polar surface area (TPSA) is 9.23 Å². The van der Waals surface area contributed by atoms with Crippen molar-refractivity contribution in [2.45, 2.75) is 37.2 Å². The van der Waals surface area contributed by atoms with Gasteiger partial charge in [-0.25, -0.2) is 0 Å². The zero-order chi connectivity index (χ0) is 9.10. The van der Waals surface area contributed by atoms with Crippen LogP contribution in [0.1, 0.15) is 25.7 Å². The van der Waals surface area contributed by atoms with Crippen LogP contribution in [-0.2, 0) is 4.74 Å². The van der Waals surface area contributed by atoms with E-state index >= 15 is 0 Å². The molecule has 2 heterocycles. The molecule has 2 rings (SSSR count). The molecule has 0 saturated carbocycles. The summed E-state index contributed by atoms with van der Waals surface area (Å²) in [7, 11) is 0. The lowest BCUT2D eigenvalue weighted by Gasteiger charge is -2.15. The van der Waals surface area contributed by atoms with Gasteiger partial charge in [0.05, 0.1) is 6.10 Å². The summed E-state index contributed by atoms with van der Waals surface area (Å²) in [5, 5.41) is 0.423. The van der Waals surface area contributed by atoms with Gasteiger partial charge in [-0.15, -0.1) is 11.6 Å². The molecule has 13 heavy (non-hydrogen) atoms. The first-order chi connectivity index (χ1) is 6.36. The van der Waals surface area contributed by atoms with E-state index < -0.39 is 0 Å². The molecule has 0 N–H and O–H groups in total. The molecule has 0 radical (unpaired) electrons. The zero-order valence-corrected chi connectivity index (χ0v) is 9.45. The van der Waals surface area contributed by atoms with E-state index in [1.165, 1.54) is 31.4 Å². The van der Waals surface area contributed by atoms with Crippen LogP contribution in [0.5, 0.6) is 0 Å². The standard InChI is InChI=1S/C10H17ClOS/c11-10-7-13-6-8(10)3-4-9-2-1-5-12-9/h8-10H,1-7H2. The van der Waals surface area contributed by atoms with E-state index in [2.05, 4.69) is 0 Å². The van der Waals surface area contributed by atoms with Crippen LogP contribution in [0.15, 0.2) is 0 Å². The zero-order valence-electron chi connectivity index (χ0n) is 7.88. The van der Waals surface area contributed by atoms with Crippen molar-refractivity contribution in [2.75, 3.05) is 18.1 Å². The first kappa shape index (κ1) is 10.1. The third-order valence-electron chi connectivity index (χ3n) is 3.00. The first-order valence-corrected chi connectivity index (χ1v) is 6.79. The highest BCUT2D eigenvalue weighted by Crippen LogP contribution is 2.33. The maximum Gasteiger partial charge on any atom is 0.0576 e. The molecule has 76 valence electrons. The molecule has 2 fully saturated rings. The van der Waals surface area contributed by atoms with Crippen molar-refractivity contribution in [3.05, 3.63) is 0 Å². The summed E-state index contributed by atoms with van der Waals surface area (Å²) >= 11 is 8.20. The SMILES string of the molecule is ClC1CSCC1CCC1CCCO1. The Bertz CT molecular complexity index is 159. The molecule has 3 unspecified atom stereocenters. The predicted octanol–water partition coefficient (Wildman–Crippen LogP) is 2.92. The largest absolute Gasteiger partial charge is 0.378 e. The van der Waals surface area contributed by atoms with Crippen molar-refractivity contribution in [1.29, 1.82) is 0 Å². The maximum absolute atomic E-state index is 6.20. The number of thioether (sulfide) groups is 1. The number of hydrogen-bond donors (Lipinski definition) is 0. The van der Waals surface area contributed by atoms with E-state index in [1.54, 1.807) is 0 Å². The lowest BCUT2D eigenvalue weighted by Crippen LogP contribution is -2.15. The van der Waals surface area contributed by atoms with Gasteiger partial charge in [0.2, 0.25) is 0 Å². The summed E-state index contributed by atoms with van der Waals surface area (Å²) in [6.07, 6.45) is 5.58. The second-order valence-electron chi connectivity index (χ2n) is 4.03. The van der Waals surface area contributed by atoms with E-state index in [0.717, 1.165) is 18.3 Å². The predicted molar refractivity (Wildman–Crippen MR) is 58.7 cm³/mol. The third kappa shape index (κ3) is 2.77. The second kappa shape index (κ2) is 4.90. The molecule has 0 amide bonds. The van der Waals surface area contributed by atoms with E-state index in [-0.39, 0.29) is 0 Å². The second-order valence-corrected chi connectivity index (χ2v) is 5.66. The Labute approximate surface area is 89.6 Å². The van der Waals surface area contributed by atoms with E-state index in [1.807, 2.05) is 11.8 Å². The van der Waals surface area contributed by atoms with Crippen LogP contribution < -0.4 is 0 Å². The fourth-order valence-corrected chi connectivity index (χ4v) is 4.03. The minimum Gasteiger partial charge on any atom is -0.378 e. The van der Waals surface area contributed by atoms with Crippen molar-refractivity contribution >= 4 is 23.4 Å². The van der Waals surface area contributed by atoms with Gasteiger partial charge < -0.3 is 4.74 Å². The van der Waals surface area contributed by atoms with Crippen LogP contribution in [0.2, 0.25) is 0 Å². The van der Waals surface area contributed by atoms with Crippen molar-refractivity contribution in [2.24, 2.45) is 5.92 Å². The molecule has 0 spiro atoms. The lowest BCUT2D eigenvalue weighted by atomic mass is 9.99. The highest BCUT2D eigenvalue weighted by Gasteiger charge is 2.27. The van der Waals surface area contributed by atoms with Crippen molar-refractivity contribution in [3.63, 3.8) is 0 Å². The van der Waals surface area contributed by atoms with Gasteiger partial charge >= 0.3 is 0 Å². The van der Waals surface area contributed by atoms with Gasteiger partial charge in [0.15, 0.2) is 0 Å². The quantitative estimate of drug-likeness (QED) is 0.677. The summed E-state index contributed by atoms with van der Waals surface area (Å²) in [6.45, 7) is 0.981. The van der Waals surface area contributed by atoms with Crippen molar-refractivity contribution < 1.29 is 4.74 Å². The van der Waals surface area contributed by atoms with Gasteiger partial charge in [0.25, 0.3) is 0 Å². The molecular formula is C10H17ClOS. The minimum atomic E-state index is 0.423. The lowest BCUT2D eigenvalue weighted by molar-refractivity contribution is 0.0991. The molecular weight excluding hydrogens is 204 g/mol. The van der Waals surface area contributed by atoms with Crippen LogP contribution in [0.3, 0.4) is 0 Å². The van der Waals surface area contributed by atoms with Crippen LogP contribution in [0, 0.1) is 5.92 Å². The normalized spacial score (nSPS) is 39.9. The van der Waals surface area contributed by atoms with Crippen LogP contribution in [-0.4, -0.2) is 29.6 Å². The fourth-order valence-electron chi connectivity index (χ4n) is 2.11. The molecule has 1 nitrogen and oxygen atoms in total. The Balaban J connectivity index is 1.66. The van der Waals surface area contributed by atoms with Gasteiger partial charge in [-0.1, -0.05) is 0 Å². The fraction of sp³-hybridized carbons (Fsp3) is 1.00. The van der Waals surface area contributed by atoms with Gasteiger partial charge in [-0.3, -0.25) is 0 Å². The molecule has 0 aliphatic carbocycles. The van der Waals surface area contributed by atoms with Crippen molar-refractivity contribution in [3.8, 4) is 0 Å². The van der Waals surface area contributed by atoms with Gasteiger partial charge in [0, 0.05) is 17.7 Å². The average molecular weight is 221 g/mol. The average Bonchev–Trinajstić information content (AvgIpc) is 2.72. The summed E-state index contributed by atoms with van der Waals surface area (Å²) in [5.74, 6) is 3.16. The Morgan fingerprint density at radius 3 is 2.85 bits per heavy atom. The number of hydrogen-bond acceptors (Lipinski definition) is 2. The first-order valence-electron chi connectivity index (χ1n) is 5.19. The number of rotatable bonds is 3. The molecule has 0 aromatic rings. The molecule has 0 aromatic heterocycles. The Hall–Kier alpha value is 0.600. The van der Waals surface area contributed by atoms with Crippen molar-refractivity contribution in [1.82, 2.24) is 0 Å². The Kier molecular flexibility index (Phi) is 3.82. The van der Waals surface area contributed by atoms with Crippen LogP contribution in [0.4, 0.5) is 0 Å². The van der Waals surface area contributed by atoms with E-state index in [9.17, 15) is 0 Å². The molecule has 0 aromatic carbocycles. The third-order valence-corrected chi connectivity index (χ3v) is 4.96. The summed E-state index contributed by atoms with van der Waals surface area (Å²) in [4.78, 5) is 0. The Morgan fingerprint density at radius 1 is 1.31 bits per heavy atom. The molecule has 3 atom stereocenters. The highest BCUT2D eigenvalue weighted by atomic mass is 35.5. The minimum absolute atomic E-state index is 0.423. The smallest absolute Gasteiger partial charge is 0.0576 e. The van der Waals surface area contributed by atoms with Crippen LogP contribution in [0.25, 0.3) is 0 Å². The molecule has 2 aliphatic heterocycles. The molecule has 0 bridgehead atoms. The summed E-state index contributed by atoms with van der Waals surface area (Å²) < 4.78 is 5.60. The number of halogens is 1. The van der Waals surface area contributed by atoms with Gasteiger partial charge in [-0.05, 0) is 37.4 Å². The summed E-state index contributed by atoms with van der Waals surface area (Å²) in [6, 6.07) is 0. The van der Waals surface area contributed by atoms with Gasteiger partial charge in [-0.2, -0.15) is 11.8 Å². The summed E-state index contributed by atoms with van der Waals surface area (Å²) in [5.41, 5.74) is 0. The number of ether oxygens (including phenoxy) is 1.